The number of carbonyl (C=O) groups excluding carboxylic acids is 1. The van der Waals surface area contributed by atoms with Gasteiger partial charge in [0.05, 0.1) is 5.69 Å². The first kappa shape index (κ1) is 16.4. The average molecular weight is 329 g/mol. The molecule has 0 spiro atoms. The van der Waals surface area contributed by atoms with E-state index in [0.717, 1.165) is 5.69 Å². The molecule has 8 nitrogen and oxygen atoms in total. The minimum atomic E-state index is -0.412. The molecule has 1 amide bonds. The molecule has 2 atom stereocenters. The summed E-state index contributed by atoms with van der Waals surface area (Å²) in [5.41, 5.74) is 6.86. The highest BCUT2D eigenvalue weighted by Gasteiger charge is 2.29. The van der Waals surface area contributed by atoms with Crippen molar-refractivity contribution in [2.45, 2.75) is 38.3 Å². The molecule has 0 bridgehead atoms. The molecule has 1 saturated carbocycles. The van der Waals surface area contributed by atoms with E-state index in [1.54, 1.807) is 4.68 Å². The predicted octanol–water partition coefficient (Wildman–Crippen LogP) is 0.706. The number of anilines is 1. The minimum absolute atomic E-state index is 0.0427. The third-order valence-corrected chi connectivity index (χ3v) is 4.24. The van der Waals surface area contributed by atoms with Gasteiger partial charge in [-0.1, -0.05) is 30.2 Å². The zero-order chi connectivity index (χ0) is 16.9. The van der Waals surface area contributed by atoms with Crippen LogP contribution in [-0.2, 0) is 4.79 Å². The Morgan fingerprint density at radius 2 is 2.12 bits per heavy atom. The molecule has 0 aliphatic heterocycles. The maximum absolute atomic E-state index is 12.4. The monoisotopic (exact) mass is 329 g/mol. The maximum atomic E-state index is 12.4. The molecule has 1 fully saturated rings. The van der Waals surface area contributed by atoms with Crippen LogP contribution in [0.4, 0.5) is 5.95 Å². The van der Waals surface area contributed by atoms with Crippen molar-refractivity contribution in [3.63, 3.8) is 0 Å². The van der Waals surface area contributed by atoms with Crippen LogP contribution in [-0.4, -0.2) is 44.7 Å². The van der Waals surface area contributed by atoms with Crippen molar-refractivity contribution >= 4 is 11.9 Å². The smallest absolute Gasteiger partial charge is 0.248 e. The van der Waals surface area contributed by atoms with E-state index < -0.39 is 6.04 Å². The zero-order valence-electron chi connectivity index (χ0n) is 13.7. The summed E-state index contributed by atoms with van der Waals surface area (Å²) in [5, 5.41) is 17.7. The van der Waals surface area contributed by atoms with Crippen molar-refractivity contribution in [3.8, 4) is 5.69 Å². The van der Waals surface area contributed by atoms with E-state index in [0.29, 0.717) is 24.8 Å². The molecule has 1 aliphatic rings. The molecule has 24 heavy (non-hydrogen) atoms. The first-order valence-corrected chi connectivity index (χ1v) is 8.32. The molecule has 1 aliphatic carbocycles. The molecule has 0 saturated heterocycles. The molecule has 4 N–H and O–H groups in total. The van der Waals surface area contributed by atoms with E-state index in [2.05, 4.69) is 26.2 Å². The topological polar surface area (TPSA) is 111 Å². The second-order valence-corrected chi connectivity index (χ2v) is 6.10. The highest BCUT2D eigenvalue weighted by molar-refractivity contribution is 5.84. The number of nitrogens with zero attached hydrogens (tertiary/aromatic N) is 4. The fraction of sp³-hybridized carbons (Fsp3) is 0.500. The Morgan fingerprint density at radius 3 is 2.79 bits per heavy atom. The summed E-state index contributed by atoms with van der Waals surface area (Å²) < 4.78 is 1.58. The SMILES string of the molecule is CCC(Nc1nnnn1-c1ccccc1)C(=O)NCC(N)C1CC1. The van der Waals surface area contributed by atoms with E-state index in [1.165, 1.54) is 12.8 Å². The van der Waals surface area contributed by atoms with Crippen LogP contribution in [0, 0.1) is 5.92 Å². The lowest BCUT2D eigenvalue weighted by Gasteiger charge is -2.19. The zero-order valence-corrected chi connectivity index (χ0v) is 13.7. The fourth-order valence-corrected chi connectivity index (χ4v) is 2.56. The molecule has 128 valence electrons. The van der Waals surface area contributed by atoms with Crippen molar-refractivity contribution in [2.75, 3.05) is 11.9 Å². The van der Waals surface area contributed by atoms with E-state index in [9.17, 15) is 4.79 Å². The summed E-state index contributed by atoms with van der Waals surface area (Å²) >= 11 is 0. The average Bonchev–Trinajstić information content (AvgIpc) is 3.37. The van der Waals surface area contributed by atoms with Gasteiger partial charge in [0.25, 0.3) is 0 Å². The summed E-state index contributed by atoms with van der Waals surface area (Å²) in [7, 11) is 0. The highest BCUT2D eigenvalue weighted by Crippen LogP contribution is 2.31. The number of para-hydroxylation sites is 1. The second kappa shape index (κ2) is 7.39. The van der Waals surface area contributed by atoms with Crippen LogP contribution in [0.15, 0.2) is 30.3 Å². The summed E-state index contributed by atoms with van der Waals surface area (Å²) in [4.78, 5) is 12.4. The number of tetrazole rings is 1. The number of nitrogens with one attached hydrogen (secondary N) is 2. The number of carbonyl (C=O) groups is 1. The summed E-state index contributed by atoms with van der Waals surface area (Å²) in [5.74, 6) is 0.912. The first-order chi connectivity index (χ1) is 11.7. The molecule has 2 aromatic rings. The number of benzene rings is 1. The van der Waals surface area contributed by atoms with Crippen LogP contribution in [0.3, 0.4) is 0 Å². The Morgan fingerprint density at radius 1 is 1.38 bits per heavy atom. The van der Waals surface area contributed by atoms with Crippen LogP contribution in [0.5, 0.6) is 0 Å². The van der Waals surface area contributed by atoms with E-state index in [4.69, 9.17) is 5.73 Å². The van der Waals surface area contributed by atoms with Crippen LogP contribution in [0.25, 0.3) is 5.69 Å². The van der Waals surface area contributed by atoms with Gasteiger partial charge in [0.15, 0.2) is 0 Å². The number of amides is 1. The molecule has 1 aromatic carbocycles. The van der Waals surface area contributed by atoms with Crippen molar-refractivity contribution in [3.05, 3.63) is 30.3 Å². The Hall–Kier alpha value is -2.48. The Balaban J connectivity index is 1.63. The number of rotatable bonds is 8. The van der Waals surface area contributed by atoms with Crippen LogP contribution >= 0.6 is 0 Å². The van der Waals surface area contributed by atoms with E-state index >= 15 is 0 Å². The molecule has 1 aromatic heterocycles. The quantitative estimate of drug-likeness (QED) is 0.658. The van der Waals surface area contributed by atoms with Crippen LogP contribution in [0.2, 0.25) is 0 Å². The lowest BCUT2D eigenvalue weighted by Crippen LogP contribution is -2.45. The van der Waals surface area contributed by atoms with Crippen molar-refractivity contribution in [1.82, 2.24) is 25.5 Å². The molecule has 1 heterocycles. The van der Waals surface area contributed by atoms with E-state index in [1.807, 2.05) is 37.3 Å². The van der Waals surface area contributed by atoms with Gasteiger partial charge in [-0.2, -0.15) is 4.68 Å². The highest BCUT2D eigenvalue weighted by atomic mass is 16.2. The number of hydrogen-bond donors (Lipinski definition) is 3. The molecule has 2 unspecified atom stereocenters. The van der Waals surface area contributed by atoms with E-state index in [-0.39, 0.29) is 11.9 Å². The van der Waals surface area contributed by atoms with Gasteiger partial charge in [0, 0.05) is 12.6 Å². The van der Waals surface area contributed by atoms with Crippen LogP contribution < -0.4 is 16.4 Å². The molecule has 0 radical (unpaired) electrons. The molecule has 8 heteroatoms. The maximum Gasteiger partial charge on any atom is 0.248 e. The third kappa shape index (κ3) is 3.88. The van der Waals surface area contributed by atoms with Gasteiger partial charge >= 0.3 is 0 Å². The van der Waals surface area contributed by atoms with Gasteiger partial charge < -0.3 is 16.4 Å². The summed E-state index contributed by atoms with van der Waals surface area (Å²) in [6, 6.07) is 9.17. The number of hydrogen-bond acceptors (Lipinski definition) is 6. The van der Waals surface area contributed by atoms with Gasteiger partial charge in [-0.25, -0.2) is 0 Å². The second-order valence-electron chi connectivity index (χ2n) is 6.10. The number of nitrogens with two attached hydrogens (primary N) is 1. The molecule has 3 rings (SSSR count). The lowest BCUT2D eigenvalue weighted by molar-refractivity contribution is -0.122. The fourth-order valence-electron chi connectivity index (χ4n) is 2.56. The largest absolute Gasteiger partial charge is 0.353 e. The normalized spacial score (nSPS) is 16.4. The van der Waals surface area contributed by atoms with Crippen LogP contribution in [0.1, 0.15) is 26.2 Å². The Kier molecular flexibility index (Phi) is 5.05. The van der Waals surface area contributed by atoms with Gasteiger partial charge in [-0.05, 0) is 47.7 Å². The van der Waals surface area contributed by atoms with Gasteiger partial charge in [-0.15, -0.1) is 0 Å². The molecular formula is C16H23N7O. The summed E-state index contributed by atoms with van der Waals surface area (Å²) in [6.45, 7) is 2.44. The van der Waals surface area contributed by atoms with Crippen molar-refractivity contribution in [2.24, 2.45) is 11.7 Å². The van der Waals surface area contributed by atoms with Crippen molar-refractivity contribution < 1.29 is 4.79 Å². The third-order valence-electron chi connectivity index (χ3n) is 4.24. The van der Waals surface area contributed by atoms with Gasteiger partial charge in [0.1, 0.15) is 6.04 Å². The predicted molar refractivity (Wildman–Crippen MR) is 90.6 cm³/mol. The van der Waals surface area contributed by atoms with Gasteiger partial charge in [-0.3, -0.25) is 4.79 Å². The molecular weight excluding hydrogens is 306 g/mol. The van der Waals surface area contributed by atoms with Crippen molar-refractivity contribution in [1.29, 1.82) is 0 Å². The minimum Gasteiger partial charge on any atom is -0.353 e. The summed E-state index contributed by atoms with van der Waals surface area (Å²) in [6.07, 6.45) is 2.95. The number of aromatic nitrogens is 4. The first-order valence-electron chi connectivity index (χ1n) is 8.32. The Labute approximate surface area is 140 Å². The standard InChI is InChI=1S/C16H23N7O/c1-2-14(15(24)18-10-13(17)11-8-9-11)19-16-20-21-22-23(16)12-6-4-3-5-7-12/h3-7,11,13-14H,2,8-10,17H2,1H3,(H,18,24)(H,19,20,22). The van der Waals surface area contributed by atoms with Gasteiger partial charge in [0.2, 0.25) is 11.9 Å². The Bertz CT molecular complexity index is 668. The lowest BCUT2D eigenvalue weighted by atomic mass is 10.1.